The highest BCUT2D eigenvalue weighted by molar-refractivity contribution is 5.97. The Labute approximate surface area is 277 Å². The molecule has 2 fully saturated rings. The Morgan fingerprint density at radius 2 is 1.89 bits per heavy atom. The van der Waals surface area contributed by atoms with E-state index in [1.54, 1.807) is 31.3 Å². The highest BCUT2D eigenvalue weighted by Crippen LogP contribution is 2.36. The van der Waals surface area contributed by atoms with Gasteiger partial charge in [0.05, 0.1) is 43.5 Å². The van der Waals surface area contributed by atoms with Crippen LogP contribution in [-0.2, 0) is 27.2 Å². The topological polar surface area (TPSA) is 107 Å². The number of likely N-dealkylation sites (tertiary alicyclic amines) is 1. The van der Waals surface area contributed by atoms with E-state index in [1.165, 1.54) is 22.0 Å². The maximum absolute atomic E-state index is 13.1. The van der Waals surface area contributed by atoms with Gasteiger partial charge in [-0.15, -0.1) is 0 Å². The predicted molar refractivity (Wildman–Crippen MR) is 182 cm³/mol. The summed E-state index contributed by atoms with van der Waals surface area (Å²) >= 11 is 0. The lowest BCUT2D eigenvalue weighted by Gasteiger charge is -2.42. The Kier molecular flexibility index (Phi) is 10.2. The minimum Gasteiger partial charge on any atom is -0.462 e. The van der Waals surface area contributed by atoms with Gasteiger partial charge in [0.25, 0.3) is 0 Å². The largest absolute Gasteiger partial charge is 0.462 e. The molecule has 0 spiro atoms. The molecule has 0 saturated carbocycles. The molecular weight excluding hydrogens is 594 g/mol. The molecule has 11 nitrogen and oxygen atoms in total. The SMILES string of the molecule is COC/C=C/C(=O)N1CCN(c2nc(OC[C@@H]3C[C@@H](OC)CN3C)nc3c2CCN(c2cccc4cccc(C)c24)C3)C[C@@H]1CC#N. The van der Waals surface area contributed by atoms with Crippen LogP contribution in [0.25, 0.3) is 10.8 Å². The third-order valence-electron chi connectivity index (χ3n) is 9.76. The standard InChI is InChI=1S/C36H45N7O4/c1-25-8-5-9-26-10-6-11-32(34(25)26)41-16-14-30-31(23-41)38-36(47-24-28-20-29(46-4)22-40(28)2)39-35(30)42-17-18-43(27(21-42)13-15-37)33(44)12-7-19-45-3/h5-12,27-29H,13-14,16-24H2,1-4H3/b12-7+/t27-,28-,29+/m0/s1. The third-order valence-corrected chi connectivity index (χ3v) is 9.76. The number of fused-ring (bicyclic) bond motifs is 2. The van der Waals surface area contributed by atoms with Crippen molar-refractivity contribution < 1.29 is 19.0 Å². The number of likely N-dealkylation sites (N-methyl/N-ethyl adjacent to an activating group) is 1. The van der Waals surface area contributed by atoms with Crippen molar-refractivity contribution in [2.75, 3.05) is 77.0 Å². The van der Waals surface area contributed by atoms with Crippen LogP contribution in [-0.4, -0.2) is 111 Å². The summed E-state index contributed by atoms with van der Waals surface area (Å²) in [5.41, 5.74) is 4.52. The van der Waals surface area contributed by atoms with Gasteiger partial charge in [0.15, 0.2) is 0 Å². The molecule has 6 rings (SSSR count). The molecule has 3 atom stereocenters. The second-order valence-electron chi connectivity index (χ2n) is 12.7. The molecule has 0 aliphatic carbocycles. The van der Waals surface area contributed by atoms with Gasteiger partial charge in [-0.25, -0.2) is 0 Å². The van der Waals surface area contributed by atoms with Crippen molar-refractivity contribution in [1.29, 1.82) is 5.26 Å². The van der Waals surface area contributed by atoms with Crippen molar-refractivity contribution >= 4 is 28.2 Å². The highest BCUT2D eigenvalue weighted by Gasteiger charge is 2.34. The zero-order chi connectivity index (χ0) is 32.9. The van der Waals surface area contributed by atoms with E-state index in [0.29, 0.717) is 45.4 Å². The average Bonchev–Trinajstić information content (AvgIpc) is 3.46. The first kappa shape index (κ1) is 32.7. The summed E-state index contributed by atoms with van der Waals surface area (Å²) in [4.78, 5) is 31.8. The molecule has 3 aliphatic heterocycles. The van der Waals surface area contributed by atoms with Gasteiger partial charge in [-0.1, -0.05) is 36.4 Å². The van der Waals surface area contributed by atoms with E-state index in [9.17, 15) is 10.1 Å². The number of anilines is 2. The number of benzene rings is 2. The molecule has 4 heterocycles. The zero-order valence-electron chi connectivity index (χ0n) is 27.9. The molecular formula is C36H45N7O4. The van der Waals surface area contributed by atoms with Crippen LogP contribution in [0.5, 0.6) is 6.01 Å². The first-order chi connectivity index (χ1) is 22.9. The van der Waals surface area contributed by atoms with Crippen LogP contribution in [0.1, 0.15) is 29.7 Å². The number of carbonyl (C=O) groups excluding carboxylic acids is 1. The lowest BCUT2D eigenvalue weighted by molar-refractivity contribution is -0.128. The minimum atomic E-state index is -0.264. The second kappa shape index (κ2) is 14.7. The van der Waals surface area contributed by atoms with Crippen molar-refractivity contribution in [3.05, 3.63) is 65.4 Å². The number of nitriles is 1. The quantitative estimate of drug-likeness (QED) is 0.305. The summed E-state index contributed by atoms with van der Waals surface area (Å²) in [7, 11) is 5.44. The Morgan fingerprint density at radius 1 is 1.06 bits per heavy atom. The van der Waals surface area contributed by atoms with Gasteiger partial charge in [0.1, 0.15) is 12.4 Å². The summed E-state index contributed by atoms with van der Waals surface area (Å²) in [6.07, 6.45) is 5.34. The van der Waals surface area contributed by atoms with Crippen molar-refractivity contribution in [3.63, 3.8) is 0 Å². The predicted octanol–water partition coefficient (Wildman–Crippen LogP) is 3.73. The number of aromatic nitrogens is 2. The van der Waals surface area contributed by atoms with Crippen molar-refractivity contribution in [2.45, 2.75) is 50.9 Å². The maximum atomic E-state index is 13.1. The van der Waals surface area contributed by atoms with E-state index in [0.717, 1.165) is 43.0 Å². The first-order valence-electron chi connectivity index (χ1n) is 16.5. The number of amides is 1. The normalized spacial score (nSPS) is 21.8. The molecule has 3 aromatic rings. The van der Waals surface area contributed by atoms with E-state index >= 15 is 0 Å². The summed E-state index contributed by atoms with van der Waals surface area (Å²) in [5, 5.41) is 12.2. The number of methoxy groups -OCH3 is 2. The van der Waals surface area contributed by atoms with Gasteiger partial charge >= 0.3 is 6.01 Å². The Bertz CT molecular complexity index is 1650. The van der Waals surface area contributed by atoms with Crippen LogP contribution in [0.2, 0.25) is 0 Å². The minimum absolute atomic E-state index is 0.105. The molecule has 47 heavy (non-hydrogen) atoms. The van der Waals surface area contributed by atoms with Crippen LogP contribution in [0.15, 0.2) is 48.6 Å². The Balaban J connectivity index is 1.31. The molecule has 1 amide bonds. The number of hydrogen-bond acceptors (Lipinski definition) is 10. The number of rotatable bonds is 10. The monoisotopic (exact) mass is 639 g/mol. The van der Waals surface area contributed by atoms with E-state index in [-0.39, 0.29) is 30.5 Å². The van der Waals surface area contributed by atoms with Crippen LogP contribution in [0.4, 0.5) is 11.5 Å². The molecule has 3 aliphatic rings. The van der Waals surface area contributed by atoms with Gasteiger partial charge in [-0.2, -0.15) is 15.2 Å². The van der Waals surface area contributed by atoms with E-state index < -0.39 is 0 Å². The Morgan fingerprint density at radius 3 is 2.66 bits per heavy atom. The summed E-state index contributed by atoms with van der Waals surface area (Å²) in [6, 6.07) is 15.5. The lowest BCUT2D eigenvalue weighted by Crippen LogP contribution is -2.55. The van der Waals surface area contributed by atoms with Gasteiger partial charge in [0, 0.05) is 75.7 Å². The average molecular weight is 640 g/mol. The van der Waals surface area contributed by atoms with E-state index in [1.807, 2.05) is 0 Å². The van der Waals surface area contributed by atoms with Crippen molar-refractivity contribution in [1.82, 2.24) is 19.8 Å². The third kappa shape index (κ3) is 7.05. The number of carbonyl (C=O) groups is 1. The summed E-state index contributed by atoms with van der Waals surface area (Å²) in [5.74, 6) is 0.741. The molecule has 1 aromatic heterocycles. The van der Waals surface area contributed by atoms with Gasteiger partial charge < -0.3 is 28.9 Å². The number of hydrogen-bond donors (Lipinski definition) is 0. The van der Waals surface area contributed by atoms with Crippen LogP contribution < -0.4 is 14.5 Å². The smallest absolute Gasteiger partial charge is 0.318 e. The molecule has 2 aromatic carbocycles. The van der Waals surface area contributed by atoms with Gasteiger partial charge in [-0.05, 0) is 43.8 Å². The molecule has 2 saturated heterocycles. The van der Waals surface area contributed by atoms with Crippen LogP contribution in [0, 0.1) is 18.3 Å². The molecule has 0 bridgehead atoms. The number of nitrogens with zero attached hydrogens (tertiary/aromatic N) is 7. The first-order valence-corrected chi connectivity index (χ1v) is 16.5. The fourth-order valence-electron chi connectivity index (χ4n) is 7.21. The molecule has 0 radical (unpaired) electrons. The highest BCUT2D eigenvalue weighted by atomic mass is 16.5. The summed E-state index contributed by atoms with van der Waals surface area (Å²) < 4.78 is 17.0. The van der Waals surface area contributed by atoms with Crippen molar-refractivity contribution in [3.8, 4) is 12.1 Å². The lowest BCUT2D eigenvalue weighted by atomic mass is 9.99. The fourth-order valence-corrected chi connectivity index (χ4v) is 7.21. The number of aryl methyl sites for hydroxylation is 1. The van der Waals surface area contributed by atoms with Crippen molar-refractivity contribution in [2.24, 2.45) is 0 Å². The van der Waals surface area contributed by atoms with Crippen LogP contribution in [0.3, 0.4) is 0 Å². The molecule has 0 unspecified atom stereocenters. The fraction of sp³-hybridized carbons (Fsp3) is 0.500. The number of ether oxygens (including phenoxy) is 3. The van der Waals surface area contributed by atoms with Gasteiger partial charge in [0.2, 0.25) is 5.91 Å². The van der Waals surface area contributed by atoms with Crippen LogP contribution >= 0.6 is 0 Å². The zero-order valence-corrected chi connectivity index (χ0v) is 27.9. The maximum Gasteiger partial charge on any atom is 0.318 e. The van der Waals surface area contributed by atoms with Gasteiger partial charge in [-0.3, -0.25) is 9.69 Å². The molecule has 248 valence electrons. The Hall–Kier alpha value is -4.24. The summed E-state index contributed by atoms with van der Waals surface area (Å²) in [6.45, 7) is 6.92. The van der Waals surface area contributed by atoms with E-state index in [4.69, 9.17) is 24.2 Å². The second-order valence-corrected chi connectivity index (χ2v) is 12.7. The molecule has 11 heteroatoms. The number of piperazine rings is 1. The molecule has 0 N–H and O–H groups in total. The van der Waals surface area contributed by atoms with E-state index in [2.05, 4.69) is 71.1 Å².